The molecule has 3 aromatic rings. The molecule has 0 aliphatic rings. The maximum atomic E-state index is 12.8. The molecule has 0 amide bonds. The Bertz CT molecular complexity index is 1120. The largest absolute Gasteiger partial charge is 0.464 e. The van der Waals surface area contributed by atoms with Crippen molar-refractivity contribution in [3.63, 3.8) is 0 Å². The minimum Gasteiger partial charge on any atom is -0.464 e. The van der Waals surface area contributed by atoms with Gasteiger partial charge in [-0.3, -0.25) is 9.55 Å². The second-order valence-corrected chi connectivity index (χ2v) is 8.68. The monoisotopic (exact) mass is 451 g/mol. The quantitative estimate of drug-likeness (QED) is 0.301. The van der Waals surface area contributed by atoms with Crippen LogP contribution >= 0.6 is 0 Å². The second-order valence-electron chi connectivity index (χ2n) is 7.22. The Kier molecular flexibility index (Phi) is 7.92. The number of hydrogen-bond donors (Lipinski definition) is 1. The van der Waals surface area contributed by atoms with Gasteiger partial charge in [-0.15, -0.1) is 0 Å². The summed E-state index contributed by atoms with van der Waals surface area (Å²) in [7, 11) is -4.11. The zero-order chi connectivity index (χ0) is 23.0. The van der Waals surface area contributed by atoms with E-state index >= 15 is 0 Å². The summed E-state index contributed by atoms with van der Waals surface area (Å²) >= 11 is 0. The van der Waals surface area contributed by atoms with E-state index in [-0.39, 0.29) is 13.0 Å². The van der Waals surface area contributed by atoms with Crippen LogP contribution in [0, 0.1) is 0 Å². The van der Waals surface area contributed by atoms with E-state index < -0.39 is 27.9 Å². The van der Waals surface area contributed by atoms with Gasteiger partial charge in [0.05, 0.1) is 12.3 Å². The Morgan fingerprint density at radius 2 is 1.38 bits per heavy atom. The molecule has 0 spiro atoms. The van der Waals surface area contributed by atoms with Crippen molar-refractivity contribution in [3.05, 3.63) is 107 Å². The van der Waals surface area contributed by atoms with E-state index in [1.807, 2.05) is 60.7 Å². The molecule has 0 heterocycles. The molecule has 0 saturated carbocycles. The summed E-state index contributed by atoms with van der Waals surface area (Å²) in [6.45, 7) is 1.99. The first-order chi connectivity index (χ1) is 15.4. The van der Waals surface area contributed by atoms with E-state index in [4.69, 9.17) is 14.3 Å². The zero-order valence-corrected chi connectivity index (χ0v) is 18.5. The number of rotatable bonds is 9. The topological polar surface area (TPSA) is 93.0 Å². The lowest BCUT2D eigenvalue weighted by molar-refractivity contribution is -0.144. The highest BCUT2D eigenvalue weighted by molar-refractivity contribution is 7.85. The molecular formula is C25H25NO5S. The smallest absolute Gasteiger partial charge is 0.331 e. The van der Waals surface area contributed by atoms with E-state index in [1.165, 1.54) is 0 Å². The van der Waals surface area contributed by atoms with Crippen LogP contribution in [0.3, 0.4) is 0 Å². The van der Waals surface area contributed by atoms with Gasteiger partial charge >= 0.3 is 5.97 Å². The molecule has 32 heavy (non-hydrogen) atoms. The van der Waals surface area contributed by atoms with E-state index in [9.17, 15) is 13.2 Å². The van der Waals surface area contributed by atoms with Gasteiger partial charge in [0.2, 0.25) is 0 Å². The molecule has 0 radical (unpaired) electrons. The van der Waals surface area contributed by atoms with E-state index in [2.05, 4.69) is 0 Å². The summed E-state index contributed by atoms with van der Waals surface area (Å²) in [6, 6.07) is 25.2. The highest BCUT2D eigenvalue weighted by atomic mass is 32.2. The molecule has 1 N–H and O–H groups in total. The molecule has 3 aromatic carbocycles. The van der Waals surface area contributed by atoms with Gasteiger partial charge in [0.25, 0.3) is 10.1 Å². The molecule has 7 heteroatoms. The Hall–Kier alpha value is -3.29. The highest BCUT2D eigenvalue weighted by Gasteiger charge is 2.22. The fraction of sp³-hybridized carbons (Fsp3) is 0.200. The summed E-state index contributed by atoms with van der Waals surface area (Å²) < 4.78 is 36.5. The molecule has 6 nitrogen and oxygen atoms in total. The number of esters is 1. The van der Waals surface area contributed by atoms with Crippen molar-refractivity contribution in [3.8, 4) is 0 Å². The summed E-state index contributed by atoms with van der Waals surface area (Å²) in [5.74, 6) is -0.891. The number of carbonyl (C=O) groups is 1. The SMILES string of the molecule is CCOC(=O)C(Cc1ccc(CS(=O)(=O)O)cc1)N=C(c1ccccc1)c1ccccc1. The van der Waals surface area contributed by atoms with Crippen LogP contribution in [-0.4, -0.2) is 37.3 Å². The zero-order valence-electron chi connectivity index (χ0n) is 17.7. The number of hydrogen-bond acceptors (Lipinski definition) is 5. The predicted molar refractivity (Wildman–Crippen MR) is 124 cm³/mol. The Morgan fingerprint density at radius 1 is 0.875 bits per heavy atom. The molecule has 0 fully saturated rings. The van der Waals surface area contributed by atoms with Gasteiger partial charge < -0.3 is 4.74 Å². The van der Waals surface area contributed by atoms with Crippen LogP contribution in [0.4, 0.5) is 0 Å². The maximum absolute atomic E-state index is 12.8. The lowest BCUT2D eigenvalue weighted by atomic mass is 10.0. The van der Waals surface area contributed by atoms with E-state index in [1.54, 1.807) is 31.2 Å². The first-order valence-electron chi connectivity index (χ1n) is 10.2. The molecule has 0 aromatic heterocycles. The van der Waals surface area contributed by atoms with E-state index in [0.29, 0.717) is 11.3 Å². The van der Waals surface area contributed by atoms with E-state index in [0.717, 1.165) is 16.7 Å². The molecular weight excluding hydrogens is 426 g/mol. The van der Waals surface area contributed by atoms with Gasteiger partial charge in [0.1, 0.15) is 5.75 Å². The van der Waals surface area contributed by atoms with Gasteiger partial charge in [-0.25, -0.2) is 4.79 Å². The standard InChI is InChI=1S/C25H25NO5S/c1-2-31-25(27)23(17-19-13-15-20(16-14-19)18-32(28,29)30)26-24(21-9-5-3-6-10-21)22-11-7-4-8-12-22/h3-16,23H,2,17-18H2,1H3,(H,28,29,30). The fourth-order valence-corrected chi connectivity index (χ4v) is 3.90. The summed E-state index contributed by atoms with van der Waals surface area (Å²) in [5, 5.41) is 0. The lowest BCUT2D eigenvalue weighted by Crippen LogP contribution is -2.26. The van der Waals surface area contributed by atoms with Crippen molar-refractivity contribution in [1.82, 2.24) is 0 Å². The van der Waals surface area contributed by atoms with Gasteiger partial charge in [0.15, 0.2) is 6.04 Å². The number of carbonyl (C=O) groups excluding carboxylic acids is 1. The van der Waals surface area contributed by atoms with Crippen LogP contribution in [0.15, 0.2) is 89.9 Å². The highest BCUT2D eigenvalue weighted by Crippen LogP contribution is 2.16. The van der Waals surface area contributed by atoms with Gasteiger partial charge in [-0.05, 0) is 18.1 Å². The van der Waals surface area contributed by atoms with Gasteiger partial charge in [-0.1, -0.05) is 84.9 Å². The van der Waals surface area contributed by atoms with Gasteiger partial charge in [-0.2, -0.15) is 8.42 Å². The number of benzene rings is 3. The van der Waals surface area contributed by atoms with Crippen LogP contribution in [-0.2, 0) is 31.8 Å². The Labute approximate surface area is 188 Å². The predicted octanol–water partition coefficient (Wildman–Crippen LogP) is 4.09. The van der Waals surface area contributed by atoms with Crippen LogP contribution in [0.1, 0.15) is 29.2 Å². The minimum absolute atomic E-state index is 0.240. The number of nitrogens with zero attached hydrogens (tertiary/aromatic N) is 1. The van der Waals surface area contributed by atoms with Crippen molar-refractivity contribution < 1.29 is 22.5 Å². The molecule has 0 aliphatic heterocycles. The van der Waals surface area contributed by atoms with Crippen molar-refractivity contribution in [2.24, 2.45) is 4.99 Å². The second kappa shape index (κ2) is 10.8. The molecule has 0 aliphatic carbocycles. The molecule has 3 rings (SSSR count). The molecule has 166 valence electrons. The minimum atomic E-state index is -4.11. The molecule has 0 saturated heterocycles. The van der Waals surface area contributed by atoms with Crippen LogP contribution < -0.4 is 0 Å². The average Bonchev–Trinajstić information content (AvgIpc) is 2.78. The lowest BCUT2D eigenvalue weighted by Gasteiger charge is -2.15. The number of aliphatic imine (C=N–C) groups is 1. The third-order valence-corrected chi connectivity index (χ3v) is 5.44. The maximum Gasteiger partial charge on any atom is 0.331 e. The van der Waals surface area contributed by atoms with Crippen LogP contribution in [0.2, 0.25) is 0 Å². The van der Waals surface area contributed by atoms with Crippen LogP contribution in [0.5, 0.6) is 0 Å². The van der Waals surface area contributed by atoms with Crippen molar-refractivity contribution in [1.29, 1.82) is 0 Å². The van der Waals surface area contributed by atoms with Crippen molar-refractivity contribution >= 4 is 21.8 Å². The molecule has 0 bridgehead atoms. The molecule has 1 unspecified atom stereocenters. The first kappa shape index (κ1) is 23.4. The first-order valence-corrected chi connectivity index (χ1v) is 11.8. The summed E-state index contributed by atoms with van der Waals surface area (Å²) in [4.78, 5) is 17.6. The summed E-state index contributed by atoms with van der Waals surface area (Å²) in [6.07, 6.45) is 0.286. The average molecular weight is 452 g/mol. The Morgan fingerprint density at radius 3 is 1.84 bits per heavy atom. The third kappa shape index (κ3) is 6.87. The van der Waals surface area contributed by atoms with Crippen molar-refractivity contribution in [2.45, 2.75) is 25.1 Å². The fourth-order valence-electron chi connectivity index (χ4n) is 3.29. The summed E-state index contributed by atoms with van der Waals surface area (Å²) in [5.41, 5.74) is 3.72. The Balaban J connectivity index is 1.96. The normalized spacial score (nSPS) is 12.1. The van der Waals surface area contributed by atoms with Gasteiger partial charge in [0, 0.05) is 17.5 Å². The van der Waals surface area contributed by atoms with Crippen LogP contribution in [0.25, 0.3) is 0 Å². The third-order valence-electron chi connectivity index (χ3n) is 4.74. The molecule has 1 atom stereocenters. The number of ether oxygens (including phenoxy) is 1. The van der Waals surface area contributed by atoms with Crippen molar-refractivity contribution in [2.75, 3.05) is 6.61 Å².